The van der Waals surface area contributed by atoms with Crippen LogP contribution in [0.3, 0.4) is 0 Å². The number of hydrogen-bond acceptors (Lipinski definition) is 2. The van der Waals surface area contributed by atoms with E-state index in [-0.39, 0.29) is 11.8 Å². The van der Waals surface area contributed by atoms with Crippen LogP contribution in [0.1, 0.15) is 30.1 Å². The topological polar surface area (TPSA) is 20.3 Å². The largest absolute Gasteiger partial charge is 0.294 e. The Bertz CT molecular complexity index is 401. The van der Waals surface area contributed by atoms with Gasteiger partial charge in [0.15, 0.2) is 5.78 Å². The van der Waals surface area contributed by atoms with Gasteiger partial charge in [0.1, 0.15) is 0 Å². The summed E-state index contributed by atoms with van der Waals surface area (Å²) >= 11 is 5.88. The second kappa shape index (κ2) is 4.56. The van der Waals surface area contributed by atoms with Crippen LogP contribution in [0.4, 0.5) is 0 Å². The third-order valence-corrected chi connectivity index (χ3v) is 3.46. The summed E-state index contributed by atoms with van der Waals surface area (Å²) in [5.41, 5.74) is 0.701. The van der Waals surface area contributed by atoms with E-state index >= 15 is 0 Å². The highest BCUT2D eigenvalue weighted by Crippen LogP contribution is 2.28. The molecule has 16 heavy (non-hydrogen) atoms. The minimum Gasteiger partial charge on any atom is -0.294 e. The second-order valence-electron chi connectivity index (χ2n) is 4.45. The molecule has 0 spiro atoms. The molecule has 3 heteroatoms. The number of hydrogen-bond donors (Lipinski definition) is 0. The number of nitrogens with zero attached hydrogens (tertiary/aromatic N) is 1. The van der Waals surface area contributed by atoms with E-state index in [1.54, 1.807) is 12.1 Å². The van der Waals surface area contributed by atoms with Gasteiger partial charge >= 0.3 is 0 Å². The third kappa shape index (κ3) is 2.45. The standard InChI is InChI=1S/C13H16ClNO/c1-9(15(2)12-6-7-12)13(16)10-4-3-5-11(14)8-10/h3-5,8-9,12H,6-7H2,1-2H3. The number of Topliss-reactive ketones (excluding diaryl/α,β-unsaturated/α-hetero) is 1. The lowest BCUT2D eigenvalue weighted by Gasteiger charge is -2.23. The summed E-state index contributed by atoms with van der Waals surface area (Å²) in [6.45, 7) is 1.96. The van der Waals surface area contributed by atoms with Crippen molar-refractivity contribution in [3.63, 3.8) is 0 Å². The van der Waals surface area contributed by atoms with E-state index in [2.05, 4.69) is 4.90 Å². The van der Waals surface area contributed by atoms with Crippen LogP contribution in [0.25, 0.3) is 0 Å². The molecule has 0 radical (unpaired) electrons. The quantitative estimate of drug-likeness (QED) is 0.751. The fourth-order valence-electron chi connectivity index (χ4n) is 1.87. The highest BCUT2D eigenvalue weighted by atomic mass is 35.5. The summed E-state index contributed by atoms with van der Waals surface area (Å²) in [5.74, 6) is 0.150. The van der Waals surface area contributed by atoms with Crippen LogP contribution in [0.2, 0.25) is 5.02 Å². The molecule has 0 bridgehead atoms. The lowest BCUT2D eigenvalue weighted by atomic mass is 10.0. The van der Waals surface area contributed by atoms with Gasteiger partial charge in [0.2, 0.25) is 0 Å². The molecule has 0 saturated heterocycles. The molecule has 1 unspecified atom stereocenters. The zero-order valence-corrected chi connectivity index (χ0v) is 10.4. The molecule has 1 aromatic carbocycles. The zero-order valence-electron chi connectivity index (χ0n) is 9.61. The first-order valence-corrected chi connectivity index (χ1v) is 5.99. The van der Waals surface area contributed by atoms with E-state index in [0.717, 1.165) is 0 Å². The van der Waals surface area contributed by atoms with Gasteiger partial charge in [-0.15, -0.1) is 0 Å². The molecule has 1 aliphatic carbocycles. The fourth-order valence-corrected chi connectivity index (χ4v) is 2.06. The molecule has 0 aromatic heterocycles. The van der Waals surface area contributed by atoms with Crippen LogP contribution in [0, 0.1) is 0 Å². The van der Waals surface area contributed by atoms with Gasteiger partial charge in [-0.3, -0.25) is 9.69 Å². The maximum absolute atomic E-state index is 12.2. The summed E-state index contributed by atoms with van der Waals surface area (Å²) < 4.78 is 0. The van der Waals surface area contributed by atoms with Crippen molar-refractivity contribution in [1.82, 2.24) is 4.90 Å². The monoisotopic (exact) mass is 237 g/mol. The minimum absolute atomic E-state index is 0.0639. The smallest absolute Gasteiger partial charge is 0.179 e. The molecule has 0 heterocycles. The third-order valence-electron chi connectivity index (χ3n) is 3.22. The average molecular weight is 238 g/mol. The van der Waals surface area contributed by atoms with Crippen LogP contribution in [-0.4, -0.2) is 29.8 Å². The molecule has 0 amide bonds. The second-order valence-corrected chi connectivity index (χ2v) is 4.88. The molecule has 2 nitrogen and oxygen atoms in total. The maximum Gasteiger partial charge on any atom is 0.179 e. The van der Waals surface area contributed by atoms with Crippen molar-refractivity contribution in [3.8, 4) is 0 Å². The normalized spacial score (nSPS) is 17.5. The molecule has 0 N–H and O–H groups in total. The van der Waals surface area contributed by atoms with Crippen molar-refractivity contribution in [2.24, 2.45) is 0 Å². The Morgan fingerprint density at radius 2 is 2.19 bits per heavy atom. The van der Waals surface area contributed by atoms with Crippen LogP contribution in [0.15, 0.2) is 24.3 Å². The van der Waals surface area contributed by atoms with Crippen molar-refractivity contribution < 1.29 is 4.79 Å². The summed E-state index contributed by atoms with van der Waals surface area (Å²) in [4.78, 5) is 14.3. The van der Waals surface area contributed by atoms with Gasteiger partial charge in [0.25, 0.3) is 0 Å². The van der Waals surface area contributed by atoms with E-state index in [4.69, 9.17) is 11.6 Å². The first kappa shape index (κ1) is 11.6. The van der Waals surface area contributed by atoms with Crippen molar-refractivity contribution in [2.45, 2.75) is 31.8 Å². The first-order chi connectivity index (χ1) is 7.59. The molecular formula is C13H16ClNO. The van der Waals surface area contributed by atoms with Crippen LogP contribution in [-0.2, 0) is 0 Å². The molecule has 1 aromatic rings. The zero-order chi connectivity index (χ0) is 11.7. The van der Waals surface area contributed by atoms with Crippen LogP contribution in [0.5, 0.6) is 0 Å². The Balaban J connectivity index is 2.11. The highest BCUT2D eigenvalue weighted by Gasteiger charge is 2.32. The van der Waals surface area contributed by atoms with Gasteiger partial charge in [0, 0.05) is 16.6 Å². The Hall–Kier alpha value is -0.860. The number of rotatable bonds is 4. The molecule has 86 valence electrons. The van der Waals surface area contributed by atoms with Crippen LogP contribution < -0.4 is 0 Å². The van der Waals surface area contributed by atoms with E-state index in [1.807, 2.05) is 26.1 Å². The molecule has 1 atom stereocenters. The predicted molar refractivity (Wildman–Crippen MR) is 66.0 cm³/mol. The van der Waals surface area contributed by atoms with E-state index in [1.165, 1.54) is 12.8 Å². The van der Waals surface area contributed by atoms with Gasteiger partial charge in [-0.05, 0) is 38.9 Å². The summed E-state index contributed by atoms with van der Waals surface area (Å²) in [7, 11) is 2.02. The lowest BCUT2D eigenvalue weighted by Crippen LogP contribution is -2.37. The number of ketones is 1. The molecule has 1 saturated carbocycles. The SMILES string of the molecule is CC(C(=O)c1cccc(Cl)c1)N(C)C1CC1. The molecule has 0 aliphatic heterocycles. The number of halogens is 1. The Kier molecular flexibility index (Phi) is 3.31. The molecule has 1 aliphatic rings. The van der Waals surface area contributed by atoms with E-state index in [0.29, 0.717) is 16.6 Å². The van der Waals surface area contributed by atoms with Gasteiger partial charge in [0.05, 0.1) is 6.04 Å². The summed E-state index contributed by atoms with van der Waals surface area (Å²) in [6, 6.07) is 7.70. The first-order valence-electron chi connectivity index (χ1n) is 5.61. The number of likely N-dealkylation sites (N-methyl/N-ethyl adjacent to an activating group) is 1. The maximum atomic E-state index is 12.2. The fraction of sp³-hybridized carbons (Fsp3) is 0.462. The van der Waals surface area contributed by atoms with Crippen LogP contribution >= 0.6 is 11.6 Å². The highest BCUT2D eigenvalue weighted by molar-refractivity contribution is 6.31. The Morgan fingerprint density at radius 3 is 2.75 bits per heavy atom. The number of carbonyl (C=O) groups excluding carboxylic acids is 1. The number of benzene rings is 1. The van der Waals surface area contributed by atoms with Gasteiger partial charge < -0.3 is 0 Å². The predicted octanol–water partition coefficient (Wildman–Crippen LogP) is 3.01. The Morgan fingerprint density at radius 1 is 1.50 bits per heavy atom. The van der Waals surface area contributed by atoms with E-state index < -0.39 is 0 Å². The molecule has 2 rings (SSSR count). The average Bonchev–Trinajstić information content (AvgIpc) is 3.10. The van der Waals surface area contributed by atoms with Gasteiger partial charge in [-0.1, -0.05) is 23.7 Å². The minimum atomic E-state index is -0.0639. The molecule has 1 fully saturated rings. The van der Waals surface area contributed by atoms with E-state index in [9.17, 15) is 4.79 Å². The molecular weight excluding hydrogens is 222 g/mol. The van der Waals surface area contributed by atoms with Crippen molar-refractivity contribution in [1.29, 1.82) is 0 Å². The van der Waals surface area contributed by atoms with Crippen molar-refractivity contribution >= 4 is 17.4 Å². The summed E-state index contributed by atoms with van der Waals surface area (Å²) in [6.07, 6.45) is 2.42. The Labute approximate surface area is 101 Å². The number of carbonyl (C=O) groups is 1. The van der Waals surface area contributed by atoms with Gasteiger partial charge in [-0.2, -0.15) is 0 Å². The lowest BCUT2D eigenvalue weighted by molar-refractivity contribution is 0.0861. The van der Waals surface area contributed by atoms with Crippen molar-refractivity contribution in [3.05, 3.63) is 34.9 Å². The summed E-state index contributed by atoms with van der Waals surface area (Å²) in [5, 5.41) is 0.618. The van der Waals surface area contributed by atoms with Gasteiger partial charge in [-0.25, -0.2) is 0 Å². The van der Waals surface area contributed by atoms with Crippen molar-refractivity contribution in [2.75, 3.05) is 7.05 Å².